The number of nitrogens with one attached hydrogen (secondary N) is 3. The van der Waals surface area contributed by atoms with Gasteiger partial charge in [0.25, 0.3) is 5.91 Å². The zero-order chi connectivity index (χ0) is 33.1. The first-order valence-corrected chi connectivity index (χ1v) is 15.1. The molecule has 0 unspecified atom stereocenters. The van der Waals surface area contributed by atoms with Crippen LogP contribution >= 0.6 is 0 Å². The van der Waals surface area contributed by atoms with Gasteiger partial charge in [-0.15, -0.1) is 0 Å². The van der Waals surface area contributed by atoms with Gasteiger partial charge in [-0.25, -0.2) is 10.1 Å². The molecule has 0 atom stereocenters. The van der Waals surface area contributed by atoms with Gasteiger partial charge in [-0.1, -0.05) is 78.9 Å². The molecule has 3 amide bonds. The molecule has 0 spiro atoms. The summed E-state index contributed by atoms with van der Waals surface area (Å²) in [5.41, 5.74) is 7.14. The number of anilines is 2. The van der Waals surface area contributed by atoms with Crippen molar-refractivity contribution in [3.63, 3.8) is 0 Å². The number of carbonyl (C=O) groups is 3. The minimum absolute atomic E-state index is 0.178. The van der Waals surface area contributed by atoms with Crippen molar-refractivity contribution in [1.29, 1.82) is 0 Å². The Labute approximate surface area is 276 Å². The van der Waals surface area contributed by atoms with Crippen molar-refractivity contribution in [3.8, 4) is 22.7 Å². The first-order chi connectivity index (χ1) is 23.5. The van der Waals surface area contributed by atoms with Crippen LogP contribution in [0.25, 0.3) is 16.9 Å². The predicted molar refractivity (Wildman–Crippen MR) is 185 cm³/mol. The highest BCUT2D eigenvalue weighted by Gasteiger charge is 2.18. The standard InChI is InChI=1S/C38H30N6O4/c45-36(40-30-14-6-2-7-15-30)33-18-10-11-19-34(33)41-37(46)38(47)42-39-24-29-25-44(31-16-8-3-9-17-31)43-35(29)28-20-22-32(23-21-28)48-26-27-12-4-1-5-13-27/h1-25H,26H2,(H,40,45)(H,41,46)(H,42,47)/b39-24-. The number of hydrazone groups is 1. The van der Waals surface area contributed by atoms with Crippen molar-refractivity contribution < 1.29 is 19.1 Å². The minimum Gasteiger partial charge on any atom is -0.489 e. The van der Waals surface area contributed by atoms with Gasteiger partial charge in [0, 0.05) is 23.0 Å². The average molecular weight is 635 g/mol. The normalized spacial score (nSPS) is 10.8. The second-order valence-corrected chi connectivity index (χ2v) is 10.5. The third-order valence-corrected chi connectivity index (χ3v) is 7.17. The quantitative estimate of drug-likeness (QED) is 0.0906. The number of para-hydroxylation sites is 3. The lowest BCUT2D eigenvalue weighted by Gasteiger charge is -2.11. The highest BCUT2D eigenvalue weighted by molar-refractivity contribution is 6.40. The van der Waals surface area contributed by atoms with Gasteiger partial charge in [0.15, 0.2) is 0 Å². The summed E-state index contributed by atoms with van der Waals surface area (Å²) in [5, 5.41) is 14.1. The van der Waals surface area contributed by atoms with Gasteiger partial charge < -0.3 is 15.4 Å². The second kappa shape index (κ2) is 15.0. The molecule has 0 saturated carbocycles. The van der Waals surface area contributed by atoms with Crippen LogP contribution in [0.2, 0.25) is 0 Å². The molecule has 10 heteroatoms. The summed E-state index contributed by atoms with van der Waals surface area (Å²) >= 11 is 0. The molecular formula is C38H30N6O4. The van der Waals surface area contributed by atoms with Gasteiger partial charge in [0.05, 0.1) is 23.2 Å². The third kappa shape index (κ3) is 7.88. The Morgan fingerprint density at radius 3 is 2.08 bits per heavy atom. The first-order valence-electron chi connectivity index (χ1n) is 15.1. The Balaban J connectivity index is 1.15. The Bertz CT molecular complexity index is 2040. The van der Waals surface area contributed by atoms with E-state index in [1.165, 1.54) is 12.3 Å². The molecule has 0 aliphatic heterocycles. The Morgan fingerprint density at radius 1 is 0.708 bits per heavy atom. The number of rotatable bonds is 10. The largest absolute Gasteiger partial charge is 0.489 e. The van der Waals surface area contributed by atoms with Gasteiger partial charge in [-0.2, -0.15) is 10.2 Å². The zero-order valence-corrected chi connectivity index (χ0v) is 25.6. The van der Waals surface area contributed by atoms with Gasteiger partial charge in [-0.05, 0) is 66.2 Å². The van der Waals surface area contributed by atoms with E-state index < -0.39 is 17.7 Å². The van der Waals surface area contributed by atoms with Crippen LogP contribution in [-0.4, -0.2) is 33.7 Å². The van der Waals surface area contributed by atoms with E-state index in [0.29, 0.717) is 29.3 Å². The SMILES string of the molecule is O=C(N/N=C\c1cn(-c2ccccc2)nc1-c1ccc(OCc2ccccc2)cc1)C(=O)Nc1ccccc1C(=O)Nc1ccccc1. The van der Waals surface area contributed by atoms with Gasteiger partial charge in [0.2, 0.25) is 0 Å². The number of nitrogens with zero attached hydrogens (tertiary/aromatic N) is 3. The van der Waals surface area contributed by atoms with Crippen LogP contribution in [0.4, 0.5) is 11.4 Å². The Hall–Kier alpha value is -6.81. The van der Waals surface area contributed by atoms with Crippen LogP contribution in [0.3, 0.4) is 0 Å². The lowest BCUT2D eigenvalue weighted by Crippen LogP contribution is -2.33. The second-order valence-electron chi connectivity index (χ2n) is 10.5. The van der Waals surface area contributed by atoms with Crippen molar-refractivity contribution in [2.75, 3.05) is 10.6 Å². The number of amides is 3. The lowest BCUT2D eigenvalue weighted by atomic mass is 10.1. The molecule has 48 heavy (non-hydrogen) atoms. The summed E-state index contributed by atoms with van der Waals surface area (Å²) in [5.74, 6) is -1.73. The van der Waals surface area contributed by atoms with Crippen LogP contribution in [0.15, 0.2) is 151 Å². The summed E-state index contributed by atoms with van der Waals surface area (Å²) in [4.78, 5) is 38.4. The monoisotopic (exact) mass is 634 g/mol. The van der Waals surface area contributed by atoms with E-state index in [0.717, 1.165) is 16.8 Å². The zero-order valence-electron chi connectivity index (χ0n) is 25.6. The van der Waals surface area contributed by atoms with Crippen LogP contribution in [0, 0.1) is 0 Å². The van der Waals surface area contributed by atoms with E-state index in [1.807, 2.05) is 91.0 Å². The summed E-state index contributed by atoms with van der Waals surface area (Å²) in [7, 11) is 0. The highest BCUT2D eigenvalue weighted by Crippen LogP contribution is 2.26. The molecule has 0 aliphatic rings. The maximum atomic E-state index is 12.9. The molecule has 6 rings (SSSR count). The topological polar surface area (TPSA) is 127 Å². The first kappa shape index (κ1) is 31.2. The molecule has 0 aliphatic carbocycles. The van der Waals surface area contributed by atoms with Crippen LogP contribution in [-0.2, 0) is 16.2 Å². The van der Waals surface area contributed by atoms with E-state index in [2.05, 4.69) is 21.2 Å². The molecule has 0 bridgehead atoms. The van der Waals surface area contributed by atoms with Crippen molar-refractivity contribution >= 4 is 35.3 Å². The third-order valence-electron chi connectivity index (χ3n) is 7.17. The summed E-state index contributed by atoms with van der Waals surface area (Å²) in [6.45, 7) is 0.445. The summed E-state index contributed by atoms with van der Waals surface area (Å²) in [6, 6.07) is 42.3. The summed E-state index contributed by atoms with van der Waals surface area (Å²) in [6.07, 6.45) is 3.20. The van der Waals surface area contributed by atoms with E-state index >= 15 is 0 Å². The van der Waals surface area contributed by atoms with E-state index in [9.17, 15) is 14.4 Å². The number of carbonyl (C=O) groups excluding carboxylic acids is 3. The fourth-order valence-electron chi connectivity index (χ4n) is 4.77. The van der Waals surface area contributed by atoms with Crippen molar-refractivity contribution in [1.82, 2.24) is 15.2 Å². The van der Waals surface area contributed by atoms with Gasteiger partial charge in [0.1, 0.15) is 18.1 Å². The number of hydrogen-bond donors (Lipinski definition) is 3. The smallest absolute Gasteiger partial charge is 0.329 e. The summed E-state index contributed by atoms with van der Waals surface area (Å²) < 4.78 is 7.64. The number of benzene rings is 5. The fourth-order valence-corrected chi connectivity index (χ4v) is 4.77. The van der Waals surface area contributed by atoms with Gasteiger partial charge in [-0.3, -0.25) is 14.4 Å². The van der Waals surface area contributed by atoms with Crippen LogP contribution < -0.4 is 20.8 Å². The maximum absolute atomic E-state index is 12.9. The lowest BCUT2D eigenvalue weighted by molar-refractivity contribution is -0.136. The molecule has 3 N–H and O–H groups in total. The highest BCUT2D eigenvalue weighted by atomic mass is 16.5. The number of aromatic nitrogens is 2. The Kier molecular flexibility index (Phi) is 9.73. The molecule has 0 saturated heterocycles. The molecule has 10 nitrogen and oxygen atoms in total. The average Bonchev–Trinajstić information content (AvgIpc) is 3.56. The van der Waals surface area contributed by atoms with E-state index in [1.54, 1.807) is 53.3 Å². The predicted octanol–water partition coefficient (Wildman–Crippen LogP) is 6.46. The van der Waals surface area contributed by atoms with Crippen LogP contribution in [0.1, 0.15) is 21.5 Å². The molecule has 1 heterocycles. The molecule has 1 aromatic heterocycles. The Morgan fingerprint density at radius 2 is 1.35 bits per heavy atom. The molecular weight excluding hydrogens is 604 g/mol. The molecule has 0 fully saturated rings. The van der Waals surface area contributed by atoms with E-state index in [-0.39, 0.29) is 11.3 Å². The van der Waals surface area contributed by atoms with Crippen LogP contribution in [0.5, 0.6) is 5.75 Å². The minimum atomic E-state index is -1.01. The van der Waals surface area contributed by atoms with Crippen molar-refractivity contribution in [2.45, 2.75) is 6.61 Å². The molecule has 5 aromatic carbocycles. The fraction of sp³-hybridized carbons (Fsp3) is 0.0263. The molecule has 0 radical (unpaired) electrons. The van der Waals surface area contributed by atoms with E-state index in [4.69, 9.17) is 9.84 Å². The van der Waals surface area contributed by atoms with Crippen molar-refractivity contribution in [3.05, 3.63) is 162 Å². The number of hydrogen-bond acceptors (Lipinski definition) is 6. The maximum Gasteiger partial charge on any atom is 0.329 e. The van der Waals surface area contributed by atoms with Gasteiger partial charge >= 0.3 is 11.8 Å². The number of ether oxygens (including phenoxy) is 1. The van der Waals surface area contributed by atoms with Crippen molar-refractivity contribution in [2.24, 2.45) is 5.10 Å². The molecule has 6 aromatic rings. The molecule has 236 valence electrons.